The molecule has 1 aromatic heterocycles. The van der Waals surface area contributed by atoms with Crippen molar-refractivity contribution < 1.29 is 37.0 Å². The van der Waals surface area contributed by atoms with E-state index in [9.17, 15) is 22.8 Å². The maximum atomic E-state index is 14.4. The lowest BCUT2D eigenvalue weighted by atomic mass is 9.89. The molecule has 3 aromatic rings. The number of piperazine rings is 1. The van der Waals surface area contributed by atoms with Crippen LogP contribution in [-0.2, 0) is 15.7 Å². The summed E-state index contributed by atoms with van der Waals surface area (Å²) in [5.74, 6) is 0.0340. The maximum absolute atomic E-state index is 14.4. The first kappa shape index (κ1) is 32.1. The summed E-state index contributed by atoms with van der Waals surface area (Å²) in [5.41, 5.74) is -1.18. The number of aryl methyl sites for hydroxylation is 1. The number of carbonyl (C=O) groups excluding carboxylic acids is 2. The Hall–Kier alpha value is -4.32. The zero-order chi connectivity index (χ0) is 32.0. The summed E-state index contributed by atoms with van der Waals surface area (Å²) in [4.78, 5) is 36.9. The van der Waals surface area contributed by atoms with Crippen LogP contribution in [0.4, 0.5) is 18.9 Å². The third kappa shape index (κ3) is 7.33. The Bertz CT molecular complexity index is 1480. The fraction of sp³-hybridized carbons (Fsp3) is 0.424. The third-order valence-corrected chi connectivity index (χ3v) is 8.14. The predicted molar refractivity (Wildman–Crippen MR) is 162 cm³/mol. The van der Waals surface area contributed by atoms with Crippen molar-refractivity contribution in [3.8, 4) is 11.5 Å². The summed E-state index contributed by atoms with van der Waals surface area (Å²) in [6.45, 7) is 4.62. The molecule has 2 amide bonds. The molecule has 45 heavy (non-hydrogen) atoms. The number of piperidine rings is 1. The Labute approximate surface area is 260 Å². The molecule has 2 saturated heterocycles. The molecule has 0 radical (unpaired) electrons. The van der Waals surface area contributed by atoms with Crippen LogP contribution in [0.5, 0.6) is 11.5 Å². The summed E-state index contributed by atoms with van der Waals surface area (Å²) < 4.78 is 58.8. The zero-order valence-corrected chi connectivity index (χ0v) is 25.4. The standard InChI is InChI=1S/C33H37F3N4O5/c1-24-8-10-25(11-9-24)45-32(13-5-15-40(23-32)30(41)26-22-37-14-12-27(26)33(34,35)36)31(42)39-18-16-38(17-19-39)28-6-3-4-7-29(28)44-21-20-43-2/h3-4,6-12,14,22H,5,13,15-21,23H2,1-2H3/t32-/m0/s1. The summed E-state index contributed by atoms with van der Waals surface area (Å²) in [6, 6.07) is 15.7. The second-order valence-electron chi connectivity index (χ2n) is 11.2. The van der Waals surface area contributed by atoms with Gasteiger partial charge in [-0.15, -0.1) is 0 Å². The van der Waals surface area contributed by atoms with Crippen molar-refractivity contribution in [1.29, 1.82) is 0 Å². The highest BCUT2D eigenvalue weighted by Gasteiger charge is 2.49. The molecule has 9 nitrogen and oxygen atoms in total. The highest BCUT2D eigenvalue weighted by atomic mass is 19.4. The molecule has 5 rings (SSSR count). The quantitative estimate of drug-likeness (QED) is 0.315. The van der Waals surface area contributed by atoms with Crippen molar-refractivity contribution in [3.63, 3.8) is 0 Å². The van der Waals surface area contributed by atoms with Gasteiger partial charge in [0, 0.05) is 52.2 Å². The first-order valence-corrected chi connectivity index (χ1v) is 14.9. The average Bonchev–Trinajstić information content (AvgIpc) is 3.05. The highest BCUT2D eigenvalue weighted by molar-refractivity contribution is 5.96. The first-order chi connectivity index (χ1) is 21.6. The van der Waals surface area contributed by atoms with E-state index in [1.54, 1.807) is 24.1 Å². The van der Waals surface area contributed by atoms with E-state index in [1.165, 1.54) is 4.90 Å². The fourth-order valence-electron chi connectivity index (χ4n) is 5.83. The molecule has 2 aliphatic rings. The van der Waals surface area contributed by atoms with Crippen molar-refractivity contribution >= 4 is 17.5 Å². The van der Waals surface area contributed by atoms with Crippen LogP contribution in [0.15, 0.2) is 67.0 Å². The van der Waals surface area contributed by atoms with Gasteiger partial charge in [-0.05, 0) is 50.1 Å². The van der Waals surface area contributed by atoms with E-state index in [4.69, 9.17) is 14.2 Å². The van der Waals surface area contributed by atoms with Crippen molar-refractivity contribution in [2.75, 3.05) is 64.5 Å². The predicted octanol–water partition coefficient (Wildman–Crippen LogP) is 4.84. The van der Waals surface area contributed by atoms with Gasteiger partial charge in [0.1, 0.15) is 18.1 Å². The van der Waals surface area contributed by atoms with Gasteiger partial charge in [0.05, 0.1) is 30.0 Å². The second-order valence-corrected chi connectivity index (χ2v) is 11.2. The van der Waals surface area contributed by atoms with Crippen LogP contribution in [0.1, 0.15) is 34.3 Å². The smallest absolute Gasteiger partial charge is 0.417 e. The van der Waals surface area contributed by atoms with Crippen LogP contribution >= 0.6 is 0 Å². The van der Waals surface area contributed by atoms with Gasteiger partial charge in [-0.1, -0.05) is 29.8 Å². The minimum atomic E-state index is -4.73. The molecule has 0 spiro atoms. The lowest BCUT2D eigenvalue weighted by molar-refractivity contribution is -0.153. The molecule has 2 aromatic carbocycles. The topological polar surface area (TPSA) is 84.4 Å². The van der Waals surface area contributed by atoms with E-state index in [1.807, 2.05) is 43.3 Å². The van der Waals surface area contributed by atoms with Crippen LogP contribution in [0.25, 0.3) is 0 Å². The molecule has 3 heterocycles. The molecule has 240 valence electrons. The number of para-hydroxylation sites is 2. The molecular weight excluding hydrogens is 589 g/mol. The second kappa shape index (κ2) is 13.8. The van der Waals surface area contributed by atoms with E-state index in [0.717, 1.165) is 35.5 Å². The van der Waals surface area contributed by atoms with Gasteiger partial charge >= 0.3 is 6.18 Å². The molecule has 12 heteroatoms. The van der Waals surface area contributed by atoms with Gasteiger partial charge in [0.25, 0.3) is 11.8 Å². The zero-order valence-electron chi connectivity index (χ0n) is 25.4. The van der Waals surface area contributed by atoms with Crippen LogP contribution in [0.3, 0.4) is 0 Å². The Kier molecular flexibility index (Phi) is 9.81. The molecule has 0 bridgehead atoms. The number of aromatic nitrogens is 1. The minimum absolute atomic E-state index is 0.185. The first-order valence-electron chi connectivity index (χ1n) is 14.9. The van der Waals surface area contributed by atoms with Crippen molar-refractivity contribution in [2.45, 2.75) is 31.5 Å². The number of benzene rings is 2. The number of halogens is 3. The van der Waals surface area contributed by atoms with E-state index >= 15 is 0 Å². The molecule has 0 saturated carbocycles. The molecule has 2 fully saturated rings. The largest absolute Gasteiger partial charge is 0.489 e. The summed E-state index contributed by atoms with van der Waals surface area (Å²) >= 11 is 0. The number of amides is 2. The Balaban J connectivity index is 1.37. The van der Waals surface area contributed by atoms with Crippen molar-refractivity contribution in [1.82, 2.24) is 14.8 Å². The molecule has 0 N–H and O–H groups in total. The normalized spacial score (nSPS) is 18.9. The number of pyridine rings is 1. The van der Waals surface area contributed by atoms with Gasteiger partial charge in [-0.25, -0.2) is 0 Å². The van der Waals surface area contributed by atoms with Crippen molar-refractivity contribution in [2.24, 2.45) is 0 Å². The monoisotopic (exact) mass is 626 g/mol. The number of likely N-dealkylation sites (tertiary alicyclic amines) is 1. The fourth-order valence-corrected chi connectivity index (χ4v) is 5.83. The van der Waals surface area contributed by atoms with Gasteiger partial charge in [-0.2, -0.15) is 13.2 Å². The molecular formula is C33H37F3N4O5. The lowest BCUT2D eigenvalue weighted by Gasteiger charge is -2.45. The Morgan fingerprint density at radius 1 is 0.933 bits per heavy atom. The Morgan fingerprint density at radius 2 is 1.67 bits per heavy atom. The summed E-state index contributed by atoms with van der Waals surface area (Å²) in [6.07, 6.45) is -2.12. The van der Waals surface area contributed by atoms with Gasteiger partial charge in [0.15, 0.2) is 0 Å². The van der Waals surface area contributed by atoms with Gasteiger partial charge in [-0.3, -0.25) is 14.6 Å². The number of hydrogen-bond donors (Lipinski definition) is 0. The highest BCUT2D eigenvalue weighted by Crippen LogP contribution is 2.35. The van der Waals surface area contributed by atoms with E-state index in [2.05, 4.69) is 9.88 Å². The van der Waals surface area contributed by atoms with Crippen LogP contribution in [0, 0.1) is 6.92 Å². The maximum Gasteiger partial charge on any atom is 0.417 e. The molecule has 0 aliphatic carbocycles. The molecule has 0 unspecified atom stereocenters. The van der Waals surface area contributed by atoms with E-state index in [0.29, 0.717) is 58.0 Å². The average molecular weight is 627 g/mol. The number of nitrogens with zero attached hydrogens (tertiary/aromatic N) is 4. The van der Waals surface area contributed by atoms with Crippen molar-refractivity contribution in [3.05, 3.63) is 83.7 Å². The van der Waals surface area contributed by atoms with Crippen LogP contribution in [-0.4, -0.2) is 91.8 Å². The number of rotatable bonds is 9. The number of ether oxygens (including phenoxy) is 3. The minimum Gasteiger partial charge on any atom is -0.489 e. The molecule has 1 atom stereocenters. The SMILES string of the molecule is COCCOc1ccccc1N1CCN(C(=O)[C@]2(Oc3ccc(C)cc3)CCCN(C(=O)c3cnccc3C(F)(F)F)C2)CC1. The number of alkyl halides is 3. The summed E-state index contributed by atoms with van der Waals surface area (Å²) in [7, 11) is 1.61. The van der Waals surface area contributed by atoms with Gasteiger partial charge in [0.2, 0.25) is 5.60 Å². The number of hydrogen-bond acceptors (Lipinski definition) is 7. The third-order valence-electron chi connectivity index (χ3n) is 8.14. The Morgan fingerprint density at radius 3 is 2.38 bits per heavy atom. The van der Waals surface area contributed by atoms with E-state index in [-0.39, 0.29) is 19.0 Å². The van der Waals surface area contributed by atoms with Crippen LogP contribution in [0.2, 0.25) is 0 Å². The number of carbonyl (C=O) groups is 2. The van der Waals surface area contributed by atoms with Gasteiger partial charge < -0.3 is 28.9 Å². The van der Waals surface area contributed by atoms with E-state index < -0.39 is 28.8 Å². The molecule has 2 aliphatic heterocycles. The lowest BCUT2D eigenvalue weighted by Crippen LogP contribution is -2.64. The number of anilines is 1. The van der Waals surface area contributed by atoms with Crippen LogP contribution < -0.4 is 14.4 Å². The summed E-state index contributed by atoms with van der Waals surface area (Å²) in [5, 5.41) is 0. The number of methoxy groups -OCH3 is 1.